The van der Waals surface area contributed by atoms with Gasteiger partial charge in [0, 0.05) is 5.69 Å². The second-order valence-corrected chi connectivity index (χ2v) is 7.06. The number of thioether (sulfide) groups is 1. The second kappa shape index (κ2) is 9.75. The largest absolute Gasteiger partial charge is 0.494 e. The van der Waals surface area contributed by atoms with Gasteiger partial charge < -0.3 is 10.1 Å². The Labute approximate surface area is 173 Å². The molecule has 1 aliphatic rings. The number of imide groups is 1. The van der Waals surface area contributed by atoms with Crippen LogP contribution in [0.2, 0.25) is 0 Å². The fourth-order valence-corrected chi connectivity index (χ4v) is 3.40. The van der Waals surface area contributed by atoms with Gasteiger partial charge in [-0.15, -0.1) is 0 Å². The van der Waals surface area contributed by atoms with Gasteiger partial charge in [-0.3, -0.25) is 19.3 Å². The molecule has 0 atom stereocenters. The van der Waals surface area contributed by atoms with Crippen LogP contribution in [0.4, 0.5) is 10.5 Å². The van der Waals surface area contributed by atoms with Gasteiger partial charge in [0.1, 0.15) is 12.3 Å². The molecular formula is C22H20N2O4S. The number of nitrogens with one attached hydrogen (secondary N) is 1. The first-order valence-corrected chi connectivity index (χ1v) is 9.88. The van der Waals surface area contributed by atoms with Crippen LogP contribution in [0.15, 0.2) is 71.7 Å². The van der Waals surface area contributed by atoms with E-state index < -0.39 is 17.1 Å². The van der Waals surface area contributed by atoms with Crippen LogP contribution in [0.3, 0.4) is 0 Å². The van der Waals surface area contributed by atoms with Crippen molar-refractivity contribution >= 4 is 40.6 Å². The zero-order valence-corrected chi connectivity index (χ0v) is 16.6. The summed E-state index contributed by atoms with van der Waals surface area (Å²) in [5, 5.41) is 2.21. The van der Waals surface area contributed by atoms with Crippen molar-refractivity contribution < 1.29 is 19.1 Å². The van der Waals surface area contributed by atoms with Gasteiger partial charge in [-0.1, -0.05) is 42.5 Å². The highest BCUT2D eigenvalue weighted by Crippen LogP contribution is 2.30. The lowest BCUT2D eigenvalue weighted by Gasteiger charge is -2.12. The van der Waals surface area contributed by atoms with Crippen LogP contribution in [0.25, 0.3) is 6.08 Å². The number of amides is 3. The highest BCUT2D eigenvalue weighted by molar-refractivity contribution is 8.18. The summed E-state index contributed by atoms with van der Waals surface area (Å²) in [6.07, 6.45) is 5.14. The maximum atomic E-state index is 12.4. The Morgan fingerprint density at radius 1 is 1.10 bits per heavy atom. The number of ether oxygens (including phenoxy) is 1. The van der Waals surface area contributed by atoms with Crippen molar-refractivity contribution in [3.63, 3.8) is 0 Å². The molecule has 0 bridgehead atoms. The molecule has 2 aromatic rings. The quantitative estimate of drug-likeness (QED) is 0.691. The average Bonchev–Trinajstić information content (AvgIpc) is 2.98. The molecule has 7 heteroatoms. The first-order valence-electron chi connectivity index (χ1n) is 9.06. The maximum absolute atomic E-state index is 12.4. The van der Waals surface area contributed by atoms with E-state index in [0.29, 0.717) is 18.0 Å². The Kier molecular flexibility index (Phi) is 6.86. The molecule has 1 aliphatic heterocycles. The lowest BCUT2D eigenvalue weighted by atomic mass is 10.2. The third-order valence-electron chi connectivity index (χ3n) is 3.96. The second-order valence-electron chi connectivity index (χ2n) is 6.07. The number of hydrogen-bond acceptors (Lipinski definition) is 5. The van der Waals surface area contributed by atoms with Gasteiger partial charge in [0.25, 0.3) is 11.1 Å². The Morgan fingerprint density at radius 2 is 1.83 bits per heavy atom. The number of carbonyl (C=O) groups is 3. The SMILES string of the molecule is CCOc1ccc(NC(=O)CN2C(=O)S/C(=C/C=C\c3ccccc3)C2=O)cc1. The van der Waals surface area contributed by atoms with E-state index in [1.807, 2.05) is 43.3 Å². The van der Waals surface area contributed by atoms with Crippen molar-refractivity contribution in [3.8, 4) is 5.75 Å². The Hall–Kier alpha value is -3.32. The maximum Gasteiger partial charge on any atom is 0.294 e. The van der Waals surface area contributed by atoms with E-state index >= 15 is 0 Å². The number of nitrogens with zero attached hydrogens (tertiary/aromatic N) is 1. The van der Waals surface area contributed by atoms with Crippen LogP contribution in [0.5, 0.6) is 5.75 Å². The lowest BCUT2D eigenvalue weighted by molar-refractivity contribution is -0.127. The van der Waals surface area contributed by atoms with Gasteiger partial charge in [-0.25, -0.2) is 0 Å². The molecule has 2 aromatic carbocycles. The highest BCUT2D eigenvalue weighted by atomic mass is 32.2. The summed E-state index contributed by atoms with van der Waals surface area (Å²) in [5.41, 5.74) is 1.55. The van der Waals surface area contributed by atoms with Crippen molar-refractivity contribution in [1.82, 2.24) is 4.90 Å². The Balaban J connectivity index is 1.58. The third-order valence-corrected chi connectivity index (χ3v) is 4.89. The molecule has 0 aliphatic carbocycles. The van der Waals surface area contributed by atoms with Gasteiger partial charge in [0.2, 0.25) is 5.91 Å². The molecule has 6 nitrogen and oxygen atoms in total. The molecule has 3 amide bonds. The lowest BCUT2D eigenvalue weighted by Crippen LogP contribution is -2.36. The summed E-state index contributed by atoms with van der Waals surface area (Å²) in [6.45, 7) is 2.11. The third kappa shape index (κ3) is 5.58. The van der Waals surface area contributed by atoms with Gasteiger partial charge in [-0.05, 0) is 54.6 Å². The molecule has 1 heterocycles. The number of hydrogen-bond donors (Lipinski definition) is 1. The molecule has 0 saturated carbocycles. The standard InChI is InChI=1S/C22H20N2O4S/c1-2-28-18-13-11-17(12-14-18)23-20(25)15-24-21(26)19(29-22(24)27)10-6-9-16-7-4-3-5-8-16/h3-14H,2,15H2,1H3,(H,23,25)/b9-6-,19-10+. The Morgan fingerprint density at radius 3 is 2.52 bits per heavy atom. The number of carbonyl (C=O) groups excluding carboxylic acids is 3. The molecule has 0 spiro atoms. The van der Waals surface area contributed by atoms with E-state index in [0.717, 1.165) is 22.2 Å². The van der Waals surface area contributed by atoms with E-state index in [1.165, 1.54) is 0 Å². The summed E-state index contributed by atoms with van der Waals surface area (Å²) >= 11 is 0.823. The molecule has 29 heavy (non-hydrogen) atoms. The number of rotatable bonds is 7. The van der Waals surface area contributed by atoms with Crippen molar-refractivity contribution in [1.29, 1.82) is 0 Å². The molecular weight excluding hydrogens is 388 g/mol. The molecule has 3 rings (SSSR count). The van der Waals surface area contributed by atoms with Gasteiger partial charge in [0.05, 0.1) is 11.5 Å². The molecule has 1 saturated heterocycles. The minimum atomic E-state index is -0.473. The van der Waals surface area contributed by atoms with Crippen LogP contribution >= 0.6 is 11.8 Å². The van der Waals surface area contributed by atoms with E-state index in [4.69, 9.17) is 4.74 Å². The minimum Gasteiger partial charge on any atom is -0.494 e. The van der Waals surface area contributed by atoms with Crippen molar-refractivity contribution in [3.05, 3.63) is 77.2 Å². The summed E-state index contributed by atoms with van der Waals surface area (Å²) in [5.74, 6) is -0.220. The van der Waals surface area contributed by atoms with Crippen molar-refractivity contribution in [2.45, 2.75) is 6.92 Å². The average molecular weight is 408 g/mol. The summed E-state index contributed by atoms with van der Waals surface area (Å²) in [6, 6.07) is 16.5. The zero-order chi connectivity index (χ0) is 20.6. The van der Waals surface area contributed by atoms with E-state index in [2.05, 4.69) is 5.32 Å². The Bertz CT molecular complexity index is 953. The van der Waals surface area contributed by atoms with Crippen molar-refractivity contribution in [2.24, 2.45) is 0 Å². The normalized spacial score (nSPS) is 15.3. The van der Waals surface area contributed by atoms with Crippen molar-refractivity contribution in [2.75, 3.05) is 18.5 Å². The van der Waals surface area contributed by atoms with Crippen LogP contribution in [0.1, 0.15) is 12.5 Å². The van der Waals surface area contributed by atoms with Gasteiger partial charge in [0.15, 0.2) is 0 Å². The summed E-state index contributed by atoms with van der Waals surface area (Å²) < 4.78 is 5.35. The molecule has 0 unspecified atom stereocenters. The van der Waals surface area contributed by atoms with Crippen LogP contribution in [-0.4, -0.2) is 35.1 Å². The minimum absolute atomic E-state index is 0.288. The molecule has 0 aromatic heterocycles. The monoisotopic (exact) mass is 408 g/mol. The topological polar surface area (TPSA) is 75.7 Å². The van der Waals surface area contributed by atoms with E-state index in [1.54, 1.807) is 36.4 Å². The van der Waals surface area contributed by atoms with E-state index in [-0.39, 0.29) is 11.4 Å². The van der Waals surface area contributed by atoms with Gasteiger partial charge in [-0.2, -0.15) is 0 Å². The molecule has 1 N–H and O–H groups in total. The number of benzene rings is 2. The first kappa shape index (κ1) is 20.4. The number of anilines is 1. The van der Waals surface area contributed by atoms with Crippen LogP contribution in [0, 0.1) is 0 Å². The predicted octanol–water partition coefficient (Wildman–Crippen LogP) is 4.32. The first-order chi connectivity index (χ1) is 14.1. The number of allylic oxidation sites excluding steroid dienone is 2. The summed E-state index contributed by atoms with van der Waals surface area (Å²) in [4.78, 5) is 38.1. The van der Waals surface area contributed by atoms with Crippen LogP contribution < -0.4 is 10.1 Å². The fraction of sp³-hybridized carbons (Fsp3) is 0.136. The fourth-order valence-electron chi connectivity index (χ4n) is 2.61. The highest BCUT2D eigenvalue weighted by Gasteiger charge is 2.35. The summed E-state index contributed by atoms with van der Waals surface area (Å²) in [7, 11) is 0. The van der Waals surface area contributed by atoms with E-state index in [9.17, 15) is 14.4 Å². The predicted molar refractivity (Wildman–Crippen MR) is 114 cm³/mol. The molecule has 1 fully saturated rings. The molecule has 0 radical (unpaired) electrons. The smallest absolute Gasteiger partial charge is 0.294 e. The zero-order valence-electron chi connectivity index (χ0n) is 15.8. The van der Waals surface area contributed by atoms with Gasteiger partial charge >= 0.3 is 0 Å². The van der Waals surface area contributed by atoms with Crippen LogP contribution in [-0.2, 0) is 9.59 Å². The molecule has 148 valence electrons.